The van der Waals surface area contributed by atoms with Crippen molar-refractivity contribution < 1.29 is 5.11 Å². The number of aliphatic hydroxyl groups excluding tert-OH is 1. The van der Waals surface area contributed by atoms with Crippen molar-refractivity contribution in [2.45, 2.75) is 135 Å². The number of hydrogen-bond acceptors (Lipinski definition) is 2. The lowest BCUT2D eigenvalue weighted by Crippen LogP contribution is -2.13. The Bertz CT molecular complexity index is 208. The fourth-order valence-electron chi connectivity index (χ4n) is 3.72. The Morgan fingerprint density at radius 2 is 0.692 bits per heavy atom. The second-order valence-corrected chi connectivity index (χ2v) is 8.15. The Labute approximate surface area is 165 Å². The van der Waals surface area contributed by atoms with Gasteiger partial charge in [-0.2, -0.15) is 0 Å². The van der Waals surface area contributed by atoms with Crippen molar-refractivity contribution in [1.29, 1.82) is 0 Å². The van der Waals surface area contributed by atoms with Gasteiger partial charge in [0.15, 0.2) is 0 Å². The van der Waals surface area contributed by atoms with Gasteiger partial charge in [-0.3, -0.25) is 0 Å². The maximum Gasteiger partial charge on any atom is 0.0431 e. The van der Waals surface area contributed by atoms with Crippen molar-refractivity contribution in [3.8, 4) is 0 Å². The molecule has 0 aliphatic heterocycles. The zero-order valence-electron chi connectivity index (χ0n) is 18.2. The molecule has 0 aromatic heterocycles. The third-order valence-corrected chi connectivity index (χ3v) is 5.51. The van der Waals surface area contributed by atoms with Gasteiger partial charge in [0.25, 0.3) is 0 Å². The third-order valence-electron chi connectivity index (χ3n) is 5.51. The number of unbranched alkanes of at least 4 members (excludes halogenated alkanes) is 19. The lowest BCUT2D eigenvalue weighted by Gasteiger charge is -2.04. The van der Waals surface area contributed by atoms with Crippen LogP contribution in [0.25, 0.3) is 0 Å². The lowest BCUT2D eigenvalue weighted by molar-refractivity contribution is 0.282. The largest absolute Gasteiger partial charge is 0.396 e. The van der Waals surface area contributed by atoms with Crippen LogP contribution in [0.5, 0.6) is 0 Å². The first-order chi connectivity index (χ1) is 12.9. The van der Waals surface area contributed by atoms with Crippen molar-refractivity contribution >= 4 is 0 Å². The predicted octanol–water partition coefficient (Wildman–Crippen LogP) is 7.39. The van der Waals surface area contributed by atoms with Crippen LogP contribution in [0.15, 0.2) is 0 Å². The molecule has 0 atom stereocenters. The molecule has 26 heavy (non-hydrogen) atoms. The molecule has 0 bridgehead atoms. The van der Waals surface area contributed by atoms with Gasteiger partial charge in [-0.1, -0.05) is 122 Å². The molecule has 2 nitrogen and oxygen atoms in total. The summed E-state index contributed by atoms with van der Waals surface area (Å²) in [6, 6.07) is 0. The van der Waals surface area contributed by atoms with Gasteiger partial charge in [0, 0.05) is 6.61 Å². The van der Waals surface area contributed by atoms with E-state index in [4.69, 9.17) is 5.11 Å². The third kappa shape index (κ3) is 23.9. The quantitative estimate of drug-likeness (QED) is 0.184. The minimum atomic E-state index is 0.372. The van der Waals surface area contributed by atoms with E-state index in [1.54, 1.807) is 0 Å². The molecule has 0 aromatic carbocycles. The standard InChI is InChI=1S/C24H51NO/c1-2-25-23-21-19-17-15-13-11-9-7-5-3-4-6-8-10-12-14-16-18-20-22-24-26/h25-26H,2-24H2,1H3. The molecule has 0 unspecified atom stereocenters. The van der Waals surface area contributed by atoms with Crippen molar-refractivity contribution in [3.05, 3.63) is 0 Å². The minimum Gasteiger partial charge on any atom is -0.396 e. The van der Waals surface area contributed by atoms with E-state index in [1.807, 2.05) is 0 Å². The van der Waals surface area contributed by atoms with Gasteiger partial charge in [-0.25, -0.2) is 0 Å². The van der Waals surface area contributed by atoms with E-state index < -0.39 is 0 Å². The van der Waals surface area contributed by atoms with Gasteiger partial charge in [0.1, 0.15) is 0 Å². The highest BCUT2D eigenvalue weighted by molar-refractivity contribution is 4.51. The van der Waals surface area contributed by atoms with Gasteiger partial charge in [0.2, 0.25) is 0 Å². The van der Waals surface area contributed by atoms with E-state index in [0.29, 0.717) is 6.61 Å². The van der Waals surface area contributed by atoms with Crippen LogP contribution in [0.1, 0.15) is 135 Å². The lowest BCUT2D eigenvalue weighted by atomic mass is 10.0. The molecule has 0 aromatic rings. The fraction of sp³-hybridized carbons (Fsp3) is 1.00. The van der Waals surface area contributed by atoms with E-state index in [0.717, 1.165) is 13.0 Å². The molecule has 0 aliphatic rings. The number of hydrogen-bond donors (Lipinski definition) is 2. The monoisotopic (exact) mass is 369 g/mol. The maximum atomic E-state index is 8.73. The van der Waals surface area contributed by atoms with Crippen LogP contribution in [0.4, 0.5) is 0 Å². The van der Waals surface area contributed by atoms with Gasteiger partial charge >= 0.3 is 0 Å². The SMILES string of the molecule is CCNCCCCCCCCCCCCCCCCCCCCCCO. The Morgan fingerprint density at radius 3 is 0.962 bits per heavy atom. The summed E-state index contributed by atoms with van der Waals surface area (Å²) in [6.45, 7) is 4.89. The van der Waals surface area contributed by atoms with Crippen LogP contribution in [-0.4, -0.2) is 24.8 Å². The number of nitrogens with one attached hydrogen (secondary N) is 1. The van der Waals surface area contributed by atoms with E-state index in [1.165, 1.54) is 129 Å². The van der Waals surface area contributed by atoms with Crippen molar-refractivity contribution in [2.24, 2.45) is 0 Å². The van der Waals surface area contributed by atoms with E-state index in [9.17, 15) is 0 Å². The molecule has 0 spiro atoms. The first-order valence-corrected chi connectivity index (χ1v) is 12.2. The summed E-state index contributed by atoms with van der Waals surface area (Å²) in [5.74, 6) is 0. The van der Waals surface area contributed by atoms with Crippen molar-refractivity contribution in [3.63, 3.8) is 0 Å². The normalized spacial score (nSPS) is 11.3. The van der Waals surface area contributed by atoms with Crippen LogP contribution in [0.3, 0.4) is 0 Å². The summed E-state index contributed by atoms with van der Waals surface area (Å²) in [6.07, 6.45) is 28.0. The first kappa shape index (κ1) is 25.9. The average molecular weight is 370 g/mol. The molecule has 0 radical (unpaired) electrons. The average Bonchev–Trinajstić information content (AvgIpc) is 2.66. The highest BCUT2D eigenvalue weighted by Gasteiger charge is 1.95. The zero-order valence-corrected chi connectivity index (χ0v) is 18.2. The maximum absolute atomic E-state index is 8.73. The molecule has 0 heterocycles. The number of rotatable bonds is 23. The van der Waals surface area contributed by atoms with Crippen LogP contribution in [0.2, 0.25) is 0 Å². The fourth-order valence-corrected chi connectivity index (χ4v) is 3.72. The molecular formula is C24H51NO. The van der Waals surface area contributed by atoms with Crippen LogP contribution in [0, 0.1) is 0 Å². The molecule has 0 aliphatic carbocycles. The summed E-state index contributed by atoms with van der Waals surface area (Å²) < 4.78 is 0. The predicted molar refractivity (Wildman–Crippen MR) is 118 cm³/mol. The summed E-state index contributed by atoms with van der Waals surface area (Å²) in [4.78, 5) is 0. The Kier molecular flexibility index (Phi) is 24.8. The van der Waals surface area contributed by atoms with Crippen molar-refractivity contribution in [1.82, 2.24) is 5.32 Å². The van der Waals surface area contributed by atoms with E-state index >= 15 is 0 Å². The van der Waals surface area contributed by atoms with Gasteiger partial charge < -0.3 is 10.4 Å². The minimum absolute atomic E-state index is 0.372. The van der Waals surface area contributed by atoms with E-state index in [-0.39, 0.29) is 0 Å². The first-order valence-electron chi connectivity index (χ1n) is 12.2. The second-order valence-electron chi connectivity index (χ2n) is 8.15. The smallest absolute Gasteiger partial charge is 0.0431 e. The molecule has 2 heteroatoms. The molecule has 2 N–H and O–H groups in total. The molecule has 0 saturated carbocycles. The Balaban J connectivity index is 2.95. The molecule has 0 fully saturated rings. The van der Waals surface area contributed by atoms with Crippen LogP contribution >= 0.6 is 0 Å². The van der Waals surface area contributed by atoms with Crippen LogP contribution < -0.4 is 5.32 Å². The number of aliphatic hydroxyl groups is 1. The topological polar surface area (TPSA) is 32.3 Å². The second kappa shape index (κ2) is 24.9. The Hall–Kier alpha value is -0.0800. The summed E-state index contributed by atoms with van der Waals surface area (Å²) in [5.41, 5.74) is 0. The highest BCUT2D eigenvalue weighted by atomic mass is 16.2. The molecular weight excluding hydrogens is 318 g/mol. The molecule has 0 rings (SSSR count). The Morgan fingerprint density at radius 1 is 0.423 bits per heavy atom. The zero-order chi connectivity index (χ0) is 19.0. The van der Waals surface area contributed by atoms with Crippen molar-refractivity contribution in [2.75, 3.05) is 19.7 Å². The van der Waals surface area contributed by atoms with Crippen LogP contribution in [-0.2, 0) is 0 Å². The van der Waals surface area contributed by atoms with E-state index in [2.05, 4.69) is 12.2 Å². The van der Waals surface area contributed by atoms with Gasteiger partial charge in [0.05, 0.1) is 0 Å². The molecule has 0 saturated heterocycles. The van der Waals surface area contributed by atoms with Gasteiger partial charge in [-0.05, 0) is 25.9 Å². The summed E-state index contributed by atoms with van der Waals surface area (Å²) >= 11 is 0. The summed E-state index contributed by atoms with van der Waals surface area (Å²) in [5, 5.41) is 12.1. The van der Waals surface area contributed by atoms with Gasteiger partial charge in [-0.15, -0.1) is 0 Å². The summed E-state index contributed by atoms with van der Waals surface area (Å²) in [7, 11) is 0. The highest BCUT2D eigenvalue weighted by Crippen LogP contribution is 2.14. The molecule has 158 valence electrons. The molecule has 0 amide bonds.